The minimum Gasteiger partial charge on any atom is -0.489 e. The molecule has 10 heteroatoms. The van der Waals surface area contributed by atoms with Gasteiger partial charge in [-0.2, -0.15) is 13.2 Å². The normalized spacial score (nSPS) is 17.5. The van der Waals surface area contributed by atoms with Gasteiger partial charge in [-0.05, 0) is 30.2 Å². The Morgan fingerprint density at radius 2 is 1.87 bits per heavy atom. The van der Waals surface area contributed by atoms with Gasteiger partial charge in [-0.3, -0.25) is 0 Å². The summed E-state index contributed by atoms with van der Waals surface area (Å²) in [7, 11) is 0. The molecule has 0 amide bonds. The van der Waals surface area contributed by atoms with E-state index in [9.17, 15) is 31.4 Å². The van der Waals surface area contributed by atoms with Crippen molar-refractivity contribution in [2.75, 3.05) is 18.1 Å². The molecule has 2 unspecified atom stereocenters. The lowest BCUT2D eigenvalue weighted by molar-refractivity contribution is -0.274. The van der Waals surface area contributed by atoms with Gasteiger partial charge < -0.3 is 19.5 Å². The van der Waals surface area contributed by atoms with Crippen molar-refractivity contribution in [2.24, 2.45) is 0 Å². The number of para-hydroxylation sites is 1. The van der Waals surface area contributed by atoms with E-state index in [1.807, 2.05) is 0 Å². The first kappa shape index (κ1) is 22.8. The number of β-amino-alcohol motifs (C(OH)–C–C–N with tert-alkyl or cyclic N) is 1. The molecule has 168 valence electrons. The Hall–Kier alpha value is -2.88. The van der Waals surface area contributed by atoms with Crippen LogP contribution in [0.15, 0.2) is 55.1 Å². The van der Waals surface area contributed by atoms with E-state index in [1.54, 1.807) is 12.1 Å². The Morgan fingerprint density at radius 1 is 1.16 bits per heavy atom. The van der Waals surface area contributed by atoms with Crippen LogP contribution in [0.3, 0.4) is 0 Å². The van der Waals surface area contributed by atoms with E-state index in [-0.39, 0.29) is 12.4 Å². The van der Waals surface area contributed by atoms with E-state index in [2.05, 4.69) is 11.3 Å². The smallest absolute Gasteiger partial charge is 0.489 e. The fourth-order valence-corrected chi connectivity index (χ4v) is 3.38. The number of aliphatic hydroxyl groups excluding tert-OH is 1. The molecule has 3 rings (SSSR count). The van der Waals surface area contributed by atoms with Gasteiger partial charge in [0.15, 0.2) is 11.9 Å². The van der Waals surface area contributed by atoms with Gasteiger partial charge in [0.1, 0.15) is 12.4 Å². The second-order valence-electron chi connectivity index (χ2n) is 6.93. The Kier molecular flexibility index (Phi) is 6.40. The SMILES string of the molecule is C=CCC1COc2c(-c3cccc(OC(F)(F)F)c3)cccc2N1CC(O)C(F)(F)F. The van der Waals surface area contributed by atoms with Crippen LogP contribution in [0.25, 0.3) is 11.1 Å². The standard InChI is InChI=1S/C21H19F6NO3/c1-2-5-14-12-30-19-16(13-6-3-7-15(10-13)31-21(25,26)27)8-4-9-17(19)28(14)11-18(29)20(22,23)24/h2-4,6-10,14,18,29H,1,5,11-12H2. The number of ether oxygens (including phenoxy) is 2. The van der Waals surface area contributed by atoms with Crippen molar-refractivity contribution in [1.29, 1.82) is 0 Å². The maximum Gasteiger partial charge on any atom is 0.573 e. The third-order valence-electron chi connectivity index (χ3n) is 4.73. The Labute approximate surface area is 174 Å². The molecule has 1 aliphatic rings. The summed E-state index contributed by atoms with van der Waals surface area (Å²) in [6.07, 6.45) is -10.4. The van der Waals surface area contributed by atoms with E-state index >= 15 is 0 Å². The number of halogens is 6. The first-order chi connectivity index (χ1) is 14.5. The number of fused-ring (bicyclic) bond motifs is 1. The van der Waals surface area contributed by atoms with Crippen LogP contribution in [-0.4, -0.2) is 42.9 Å². The first-order valence-corrected chi connectivity index (χ1v) is 9.24. The summed E-state index contributed by atoms with van der Waals surface area (Å²) in [5.41, 5.74) is 1.01. The highest BCUT2D eigenvalue weighted by Crippen LogP contribution is 2.43. The molecule has 0 spiro atoms. The van der Waals surface area contributed by atoms with Gasteiger partial charge in [0.25, 0.3) is 0 Å². The van der Waals surface area contributed by atoms with E-state index in [0.717, 1.165) is 12.1 Å². The monoisotopic (exact) mass is 447 g/mol. The zero-order valence-corrected chi connectivity index (χ0v) is 16.1. The van der Waals surface area contributed by atoms with Gasteiger partial charge in [0, 0.05) is 5.56 Å². The van der Waals surface area contributed by atoms with Crippen LogP contribution in [0.4, 0.5) is 32.0 Å². The molecule has 1 aliphatic heterocycles. The van der Waals surface area contributed by atoms with Crippen LogP contribution in [0.1, 0.15) is 6.42 Å². The van der Waals surface area contributed by atoms with Crippen molar-refractivity contribution in [3.8, 4) is 22.6 Å². The fraction of sp³-hybridized carbons (Fsp3) is 0.333. The fourth-order valence-electron chi connectivity index (χ4n) is 3.38. The molecule has 0 aliphatic carbocycles. The summed E-state index contributed by atoms with van der Waals surface area (Å²) in [5.74, 6) is -0.228. The zero-order valence-electron chi connectivity index (χ0n) is 16.1. The maximum absolute atomic E-state index is 13.0. The van der Waals surface area contributed by atoms with Crippen LogP contribution in [0.2, 0.25) is 0 Å². The average molecular weight is 447 g/mol. The Bertz CT molecular complexity index is 928. The van der Waals surface area contributed by atoms with Gasteiger partial charge in [-0.15, -0.1) is 19.8 Å². The zero-order chi connectivity index (χ0) is 22.8. The molecule has 2 aromatic carbocycles. The number of benzene rings is 2. The summed E-state index contributed by atoms with van der Waals surface area (Å²) in [4.78, 5) is 1.39. The predicted molar refractivity (Wildman–Crippen MR) is 102 cm³/mol. The summed E-state index contributed by atoms with van der Waals surface area (Å²) in [6, 6.07) is 9.37. The molecule has 31 heavy (non-hydrogen) atoms. The quantitative estimate of drug-likeness (QED) is 0.481. The van der Waals surface area contributed by atoms with Crippen LogP contribution in [-0.2, 0) is 0 Å². The van der Waals surface area contributed by atoms with E-state index in [1.165, 1.54) is 29.2 Å². The van der Waals surface area contributed by atoms with E-state index < -0.39 is 37.0 Å². The number of aliphatic hydroxyl groups is 1. The molecule has 2 atom stereocenters. The number of nitrogens with zero attached hydrogens (tertiary/aromatic N) is 1. The molecule has 1 N–H and O–H groups in total. The molecule has 0 fully saturated rings. The van der Waals surface area contributed by atoms with E-state index in [0.29, 0.717) is 23.2 Å². The molecule has 0 saturated heterocycles. The van der Waals surface area contributed by atoms with Crippen molar-refractivity contribution in [2.45, 2.75) is 31.1 Å². The summed E-state index contributed by atoms with van der Waals surface area (Å²) in [6.45, 7) is 2.89. The van der Waals surface area contributed by atoms with Crippen LogP contribution in [0.5, 0.6) is 11.5 Å². The largest absolute Gasteiger partial charge is 0.573 e. The third kappa shape index (κ3) is 5.43. The molecule has 0 saturated carbocycles. The van der Waals surface area contributed by atoms with Crippen molar-refractivity contribution in [3.63, 3.8) is 0 Å². The van der Waals surface area contributed by atoms with Gasteiger partial charge >= 0.3 is 12.5 Å². The number of hydrogen-bond acceptors (Lipinski definition) is 4. The summed E-state index contributed by atoms with van der Waals surface area (Å²) in [5, 5.41) is 9.62. The van der Waals surface area contributed by atoms with Crippen molar-refractivity contribution < 1.29 is 40.9 Å². The number of alkyl halides is 6. The van der Waals surface area contributed by atoms with Gasteiger partial charge in [-0.25, -0.2) is 0 Å². The van der Waals surface area contributed by atoms with Crippen LogP contribution in [0, 0.1) is 0 Å². The third-order valence-corrected chi connectivity index (χ3v) is 4.73. The molecule has 2 aromatic rings. The Morgan fingerprint density at radius 3 is 2.52 bits per heavy atom. The van der Waals surface area contributed by atoms with Crippen molar-refractivity contribution in [1.82, 2.24) is 0 Å². The highest BCUT2D eigenvalue weighted by atomic mass is 19.4. The lowest BCUT2D eigenvalue weighted by atomic mass is 10.00. The maximum atomic E-state index is 13.0. The van der Waals surface area contributed by atoms with Gasteiger partial charge in [0.05, 0.1) is 18.3 Å². The van der Waals surface area contributed by atoms with Gasteiger partial charge in [0.2, 0.25) is 0 Å². The topological polar surface area (TPSA) is 41.9 Å². The summed E-state index contributed by atoms with van der Waals surface area (Å²) < 4.78 is 86.4. The lowest BCUT2D eigenvalue weighted by Gasteiger charge is -2.40. The average Bonchev–Trinajstić information content (AvgIpc) is 2.67. The number of anilines is 1. The number of rotatable bonds is 6. The second-order valence-corrected chi connectivity index (χ2v) is 6.93. The molecular weight excluding hydrogens is 428 g/mol. The highest BCUT2D eigenvalue weighted by molar-refractivity contribution is 5.80. The molecule has 1 heterocycles. The predicted octanol–water partition coefficient (Wildman–Crippen LogP) is 5.32. The molecular formula is C21H19F6NO3. The molecule has 0 aromatic heterocycles. The van der Waals surface area contributed by atoms with Gasteiger partial charge in [-0.1, -0.05) is 30.3 Å². The lowest BCUT2D eigenvalue weighted by Crippen LogP contribution is -2.49. The second kappa shape index (κ2) is 8.70. The van der Waals surface area contributed by atoms with Crippen LogP contribution < -0.4 is 14.4 Å². The molecule has 4 nitrogen and oxygen atoms in total. The van der Waals surface area contributed by atoms with Crippen molar-refractivity contribution in [3.05, 3.63) is 55.1 Å². The van der Waals surface area contributed by atoms with Crippen molar-refractivity contribution >= 4 is 5.69 Å². The van der Waals surface area contributed by atoms with E-state index in [4.69, 9.17) is 4.74 Å². The highest BCUT2D eigenvalue weighted by Gasteiger charge is 2.41. The van der Waals surface area contributed by atoms with Crippen LogP contribution >= 0.6 is 0 Å². The number of hydrogen-bond donors (Lipinski definition) is 1. The Balaban J connectivity index is 2.01. The summed E-state index contributed by atoms with van der Waals surface area (Å²) >= 11 is 0. The minimum atomic E-state index is -4.87. The minimum absolute atomic E-state index is 0.0132. The molecule has 0 radical (unpaired) electrons. The first-order valence-electron chi connectivity index (χ1n) is 9.24. The molecule has 0 bridgehead atoms.